The third-order valence-electron chi connectivity index (χ3n) is 3.22. The van der Waals surface area contributed by atoms with Crippen LogP contribution in [0, 0.1) is 11.7 Å². The molecule has 1 heterocycles. The first-order valence-corrected chi connectivity index (χ1v) is 6.60. The van der Waals surface area contributed by atoms with Gasteiger partial charge in [0.2, 0.25) is 0 Å². The number of aromatic nitrogens is 1. The lowest BCUT2D eigenvalue weighted by Crippen LogP contribution is -1.99. The number of rotatable bonds is 4. The van der Waals surface area contributed by atoms with Crippen LogP contribution in [0.15, 0.2) is 22.7 Å². The number of nitrogens with two attached hydrogens (primary N) is 1. The van der Waals surface area contributed by atoms with Gasteiger partial charge in [0, 0.05) is 12.0 Å². The molecule has 19 heavy (non-hydrogen) atoms. The summed E-state index contributed by atoms with van der Waals surface area (Å²) in [5.74, 6) is 1.05. The van der Waals surface area contributed by atoms with Crippen LogP contribution in [0.25, 0.3) is 11.1 Å². The second-order valence-electron chi connectivity index (χ2n) is 4.71. The Morgan fingerprint density at radius 3 is 2.84 bits per heavy atom. The Morgan fingerprint density at radius 2 is 2.21 bits per heavy atom. The molecule has 0 amide bonds. The predicted molar refractivity (Wildman–Crippen MR) is 74.5 cm³/mol. The fourth-order valence-corrected chi connectivity index (χ4v) is 2.18. The minimum absolute atomic E-state index is 0.284. The highest BCUT2D eigenvalue weighted by atomic mass is 35.5. The van der Waals surface area contributed by atoms with E-state index in [1.165, 1.54) is 12.1 Å². The van der Waals surface area contributed by atoms with Crippen molar-refractivity contribution in [1.29, 1.82) is 0 Å². The predicted octanol–water partition coefficient (Wildman–Crippen LogP) is 4.30. The van der Waals surface area contributed by atoms with Crippen LogP contribution in [0.4, 0.5) is 10.2 Å². The first-order valence-electron chi connectivity index (χ1n) is 6.22. The van der Waals surface area contributed by atoms with Gasteiger partial charge in [0.05, 0.1) is 10.6 Å². The summed E-state index contributed by atoms with van der Waals surface area (Å²) in [6, 6.07) is 4.21. The van der Waals surface area contributed by atoms with E-state index >= 15 is 0 Å². The summed E-state index contributed by atoms with van der Waals surface area (Å²) in [6.07, 6.45) is 1.75. The molecule has 0 spiro atoms. The third kappa shape index (κ3) is 2.89. The molecule has 0 fully saturated rings. The van der Waals surface area contributed by atoms with Gasteiger partial charge in [0.15, 0.2) is 5.82 Å². The van der Waals surface area contributed by atoms with E-state index in [1.807, 2.05) is 0 Å². The fourth-order valence-electron chi connectivity index (χ4n) is 1.92. The Balaban J connectivity index is 2.46. The van der Waals surface area contributed by atoms with Crippen molar-refractivity contribution >= 4 is 17.4 Å². The van der Waals surface area contributed by atoms with Gasteiger partial charge < -0.3 is 10.3 Å². The molecule has 2 rings (SSSR count). The number of benzene rings is 1. The molecule has 0 bridgehead atoms. The second kappa shape index (κ2) is 5.61. The summed E-state index contributed by atoms with van der Waals surface area (Å²) in [5.41, 5.74) is 7.16. The van der Waals surface area contributed by atoms with Gasteiger partial charge in [0.25, 0.3) is 0 Å². The van der Waals surface area contributed by atoms with Gasteiger partial charge in [-0.15, -0.1) is 0 Å². The molecule has 0 saturated heterocycles. The highest BCUT2D eigenvalue weighted by molar-refractivity contribution is 6.33. The molecule has 102 valence electrons. The Bertz CT molecular complexity index is 583. The Hall–Kier alpha value is -1.55. The molecule has 1 aromatic heterocycles. The van der Waals surface area contributed by atoms with Crippen molar-refractivity contribution < 1.29 is 8.91 Å². The average Bonchev–Trinajstić information content (AvgIpc) is 2.71. The van der Waals surface area contributed by atoms with Crippen molar-refractivity contribution in [3.8, 4) is 11.1 Å². The largest absolute Gasteiger partial charge is 0.380 e. The van der Waals surface area contributed by atoms with Gasteiger partial charge in [-0.2, -0.15) is 0 Å². The van der Waals surface area contributed by atoms with Gasteiger partial charge in [-0.25, -0.2) is 4.39 Å². The SMILES string of the molecule is CCC(C)Cc1onc(N)c1-c1ccc(F)cc1Cl. The summed E-state index contributed by atoms with van der Waals surface area (Å²) < 4.78 is 18.4. The molecule has 2 N–H and O–H groups in total. The quantitative estimate of drug-likeness (QED) is 0.909. The lowest BCUT2D eigenvalue weighted by molar-refractivity contribution is 0.364. The van der Waals surface area contributed by atoms with Crippen molar-refractivity contribution in [2.75, 3.05) is 5.73 Å². The van der Waals surface area contributed by atoms with Gasteiger partial charge in [0.1, 0.15) is 11.6 Å². The summed E-state index contributed by atoms with van der Waals surface area (Å²) >= 11 is 6.07. The van der Waals surface area contributed by atoms with Crippen molar-refractivity contribution in [2.45, 2.75) is 26.7 Å². The highest BCUT2D eigenvalue weighted by Crippen LogP contribution is 2.36. The van der Waals surface area contributed by atoms with Crippen molar-refractivity contribution in [1.82, 2.24) is 5.16 Å². The number of halogens is 2. The van der Waals surface area contributed by atoms with Crippen molar-refractivity contribution in [3.05, 3.63) is 34.8 Å². The maximum Gasteiger partial charge on any atom is 0.175 e. The van der Waals surface area contributed by atoms with Crippen molar-refractivity contribution in [2.24, 2.45) is 5.92 Å². The Labute approximate surface area is 116 Å². The first-order chi connectivity index (χ1) is 9.02. The van der Waals surface area contributed by atoms with Gasteiger partial charge in [-0.1, -0.05) is 37.0 Å². The fraction of sp³-hybridized carbons (Fsp3) is 0.357. The zero-order valence-corrected chi connectivity index (χ0v) is 11.7. The Morgan fingerprint density at radius 1 is 1.47 bits per heavy atom. The van der Waals surface area contributed by atoms with Gasteiger partial charge >= 0.3 is 0 Å². The maximum absolute atomic E-state index is 13.1. The third-order valence-corrected chi connectivity index (χ3v) is 3.53. The molecule has 3 nitrogen and oxygen atoms in total. The molecule has 0 saturated carbocycles. The molecular weight excluding hydrogens is 267 g/mol. The van der Waals surface area contributed by atoms with Gasteiger partial charge in [-0.05, 0) is 24.1 Å². The number of hydrogen-bond donors (Lipinski definition) is 1. The monoisotopic (exact) mass is 282 g/mol. The standard InChI is InChI=1S/C14H16ClFN2O/c1-3-8(2)6-12-13(14(17)18-19-12)10-5-4-9(16)7-11(10)15/h4-5,7-8H,3,6H2,1-2H3,(H2,17,18). The van der Waals surface area contributed by atoms with Crippen LogP contribution in [0.5, 0.6) is 0 Å². The smallest absolute Gasteiger partial charge is 0.175 e. The molecule has 0 radical (unpaired) electrons. The van der Waals surface area contributed by atoms with E-state index in [1.54, 1.807) is 6.07 Å². The van der Waals surface area contributed by atoms with Crippen LogP contribution in [0.1, 0.15) is 26.0 Å². The van der Waals surface area contributed by atoms with Gasteiger partial charge in [-0.3, -0.25) is 0 Å². The zero-order valence-electron chi connectivity index (χ0n) is 10.9. The molecular formula is C14H16ClFN2O. The van der Waals surface area contributed by atoms with Crippen LogP contribution in [-0.4, -0.2) is 5.16 Å². The minimum Gasteiger partial charge on any atom is -0.380 e. The summed E-state index contributed by atoms with van der Waals surface area (Å²) in [5, 5.41) is 4.10. The molecule has 1 aromatic carbocycles. The number of hydrogen-bond acceptors (Lipinski definition) is 3. The maximum atomic E-state index is 13.1. The lowest BCUT2D eigenvalue weighted by atomic mass is 9.97. The first kappa shape index (κ1) is 13.9. The topological polar surface area (TPSA) is 52.0 Å². The number of nitrogen functional groups attached to an aromatic ring is 1. The summed E-state index contributed by atoms with van der Waals surface area (Å²) in [7, 11) is 0. The van der Waals surface area contributed by atoms with Crippen LogP contribution < -0.4 is 5.73 Å². The molecule has 1 unspecified atom stereocenters. The molecule has 1 atom stereocenters. The number of anilines is 1. The lowest BCUT2D eigenvalue weighted by Gasteiger charge is -2.08. The molecule has 2 aromatic rings. The van der Waals surface area contributed by atoms with E-state index in [4.69, 9.17) is 21.9 Å². The normalized spacial score (nSPS) is 12.6. The Kier molecular flexibility index (Phi) is 4.10. The van der Waals surface area contributed by atoms with Crippen LogP contribution in [0.2, 0.25) is 5.02 Å². The zero-order chi connectivity index (χ0) is 14.0. The molecule has 0 aliphatic heterocycles. The average molecular weight is 283 g/mol. The minimum atomic E-state index is -0.382. The van der Waals surface area contributed by atoms with Crippen molar-refractivity contribution in [3.63, 3.8) is 0 Å². The molecule has 0 aliphatic rings. The van der Waals surface area contributed by atoms with E-state index < -0.39 is 0 Å². The summed E-state index contributed by atoms with van der Waals surface area (Å²) in [4.78, 5) is 0. The van der Waals surface area contributed by atoms with E-state index in [0.29, 0.717) is 27.8 Å². The van der Waals surface area contributed by atoms with Crippen LogP contribution in [-0.2, 0) is 6.42 Å². The van der Waals surface area contributed by atoms with E-state index in [-0.39, 0.29) is 11.6 Å². The van der Waals surface area contributed by atoms with Crippen LogP contribution >= 0.6 is 11.6 Å². The summed E-state index contributed by atoms with van der Waals surface area (Å²) in [6.45, 7) is 4.23. The molecule has 5 heteroatoms. The van der Waals surface area contributed by atoms with E-state index in [0.717, 1.165) is 12.8 Å². The van der Waals surface area contributed by atoms with Crippen LogP contribution in [0.3, 0.4) is 0 Å². The number of nitrogens with zero attached hydrogens (tertiary/aromatic N) is 1. The molecule has 0 aliphatic carbocycles. The highest BCUT2D eigenvalue weighted by Gasteiger charge is 2.19. The van der Waals surface area contributed by atoms with E-state index in [9.17, 15) is 4.39 Å². The van der Waals surface area contributed by atoms with E-state index in [2.05, 4.69) is 19.0 Å². The second-order valence-corrected chi connectivity index (χ2v) is 5.11.